The summed E-state index contributed by atoms with van der Waals surface area (Å²) in [6.45, 7) is 1.43. The zero-order valence-corrected chi connectivity index (χ0v) is 38.1. The monoisotopic (exact) mass is 958 g/mol. The van der Waals surface area contributed by atoms with Crippen molar-refractivity contribution in [1.29, 1.82) is 0 Å². The summed E-state index contributed by atoms with van der Waals surface area (Å²) in [5.74, 6) is -5.30. The van der Waals surface area contributed by atoms with E-state index >= 15 is 0 Å². The van der Waals surface area contributed by atoms with E-state index in [2.05, 4.69) is 51.8 Å². The number of hydrogen-bond acceptors (Lipinski definition) is 12. The molecule has 2 aliphatic heterocycles. The first-order valence-corrected chi connectivity index (χ1v) is 24.0. The van der Waals surface area contributed by atoms with Gasteiger partial charge in [0, 0.05) is 66.3 Å². The second-order valence-corrected chi connectivity index (χ2v) is 18.6. The Bertz CT molecular complexity index is 2450. The second kappa shape index (κ2) is 23.4. The van der Waals surface area contributed by atoms with Crippen molar-refractivity contribution < 1.29 is 38.4 Å². The zero-order chi connectivity index (χ0) is 48.0. The predicted molar refractivity (Wildman–Crippen MR) is 251 cm³/mol. The van der Waals surface area contributed by atoms with Gasteiger partial charge >= 0.3 is 6.03 Å². The molecular formula is C43H54N14O8S2. The van der Waals surface area contributed by atoms with E-state index in [0.29, 0.717) is 22.6 Å². The fourth-order valence-corrected chi connectivity index (χ4v) is 9.80. The number of para-hydroxylation sites is 1. The van der Waals surface area contributed by atoms with Crippen LogP contribution in [0.5, 0.6) is 0 Å². The maximum atomic E-state index is 14.5. The number of aliphatic imine (C=N–C) groups is 1. The van der Waals surface area contributed by atoms with Crippen molar-refractivity contribution in [2.75, 3.05) is 18.1 Å². The van der Waals surface area contributed by atoms with Crippen LogP contribution in [0.15, 0.2) is 78.3 Å². The van der Waals surface area contributed by atoms with Crippen LogP contribution in [0.4, 0.5) is 4.79 Å². The summed E-state index contributed by atoms with van der Waals surface area (Å²) in [5.41, 5.74) is 19.4. The van der Waals surface area contributed by atoms with Crippen LogP contribution in [0, 0.1) is 0 Å². The van der Waals surface area contributed by atoms with Gasteiger partial charge in [-0.25, -0.2) is 9.78 Å². The lowest BCUT2D eigenvalue weighted by Crippen LogP contribution is -2.60. The smallest absolute Gasteiger partial charge is 0.325 e. The number of aromatic amines is 2. The number of guanidine groups is 1. The molecule has 2 saturated heterocycles. The van der Waals surface area contributed by atoms with Crippen molar-refractivity contribution in [1.82, 2.24) is 51.8 Å². The molecule has 14 N–H and O–H groups in total. The van der Waals surface area contributed by atoms with Crippen molar-refractivity contribution in [3.8, 4) is 0 Å². The molecule has 22 nitrogen and oxygen atoms in total. The summed E-state index contributed by atoms with van der Waals surface area (Å²) >= 11 is 0. The van der Waals surface area contributed by atoms with Crippen molar-refractivity contribution >= 4 is 85.8 Å². The predicted octanol–water partition coefficient (Wildman–Crippen LogP) is -1.02. The molecule has 0 radical (unpaired) electrons. The Morgan fingerprint density at radius 2 is 1.39 bits per heavy atom. The third kappa shape index (κ3) is 13.5. The molecule has 0 unspecified atom stereocenters. The summed E-state index contributed by atoms with van der Waals surface area (Å²) in [6.07, 6.45) is 4.62. The highest BCUT2D eigenvalue weighted by Crippen LogP contribution is 2.26. The molecule has 67 heavy (non-hydrogen) atoms. The molecule has 9 amide bonds. The van der Waals surface area contributed by atoms with Crippen LogP contribution < -0.4 is 49.1 Å². The summed E-state index contributed by atoms with van der Waals surface area (Å²) in [7, 11) is 2.45. The molecule has 0 aliphatic carbocycles. The molecule has 0 saturated carbocycles. The van der Waals surface area contributed by atoms with Gasteiger partial charge in [0.2, 0.25) is 35.4 Å². The number of aromatic nitrogens is 3. The standard InChI is InChI=1S/C43H54N14O8S2/c1-23-36(59)52-33(18-26-20-47-22-50-26)40(63)53-31(16-24-8-3-2-4-9-24)38(61)51-29(12-7-14-48-42(45)46)37(60)54-32(17-25-19-49-28-11-6-5-10-27(25)28)39(62)55-34(35(44)58)21-67-66-15-13-30-41(64)57(23)43(65)56-30/h2-6,8-11,19-20,22-23,29-34,49H,7,12-18,21H2,1H3,(H2,44,58)(H,47,50)(H,51,61)(H,52,59)(H,53,63)(H,54,60)(H,55,62)(H,56,65)(H4,45,46,48)/t23-,29-,30+,31-,32+,33-,34-/m1/s1. The molecule has 2 aromatic heterocycles. The lowest BCUT2D eigenvalue weighted by molar-refractivity contribution is -0.137. The minimum Gasteiger partial charge on any atom is -0.370 e. The van der Waals surface area contributed by atoms with Gasteiger partial charge in [0.15, 0.2) is 5.96 Å². The molecular weight excluding hydrogens is 905 g/mol. The van der Waals surface area contributed by atoms with Crippen molar-refractivity contribution in [2.24, 2.45) is 22.2 Å². The molecule has 2 aliphatic rings. The van der Waals surface area contributed by atoms with E-state index in [9.17, 15) is 38.4 Å². The third-order valence-corrected chi connectivity index (χ3v) is 13.6. The van der Waals surface area contributed by atoms with Gasteiger partial charge in [-0.2, -0.15) is 0 Å². The topological polar surface area (TPSA) is 347 Å². The van der Waals surface area contributed by atoms with Crippen molar-refractivity contribution in [3.63, 3.8) is 0 Å². The minimum absolute atomic E-state index is 0.00546. The van der Waals surface area contributed by atoms with E-state index in [0.717, 1.165) is 15.8 Å². The van der Waals surface area contributed by atoms with Crippen LogP contribution in [-0.4, -0.2) is 134 Å². The molecule has 356 valence electrons. The summed E-state index contributed by atoms with van der Waals surface area (Å²) < 4.78 is 0. The van der Waals surface area contributed by atoms with E-state index in [-0.39, 0.29) is 56.8 Å². The summed E-state index contributed by atoms with van der Waals surface area (Å²) in [5, 5.41) is 17.0. The van der Waals surface area contributed by atoms with Gasteiger partial charge in [0.05, 0.1) is 6.33 Å². The highest BCUT2D eigenvalue weighted by atomic mass is 33.1. The highest BCUT2D eigenvalue weighted by molar-refractivity contribution is 8.76. The number of nitrogens with one attached hydrogen (secondary N) is 8. The third-order valence-electron chi connectivity index (χ3n) is 11.1. The second-order valence-electron chi connectivity index (χ2n) is 16.0. The number of urea groups is 1. The number of carbonyl (C=O) groups is 8. The number of carbonyl (C=O) groups excluding carboxylic acids is 8. The number of nitrogens with zero attached hydrogens (tertiary/aromatic N) is 3. The van der Waals surface area contributed by atoms with Crippen LogP contribution >= 0.6 is 21.6 Å². The van der Waals surface area contributed by atoms with Crippen LogP contribution in [0.1, 0.15) is 43.0 Å². The Labute approximate surface area is 392 Å². The molecule has 7 atom stereocenters. The number of hydrogen-bond donors (Lipinski definition) is 11. The molecule has 24 heteroatoms. The Morgan fingerprint density at radius 3 is 2.09 bits per heavy atom. The van der Waals surface area contributed by atoms with Crippen molar-refractivity contribution in [2.45, 2.75) is 87.7 Å². The Morgan fingerprint density at radius 1 is 0.746 bits per heavy atom. The number of H-pyrrole nitrogens is 2. The number of imidazole rings is 1. The SMILES string of the molecule is C[C@@H]1C(=O)N[C@H](Cc2cnc[nH]2)C(=O)N[C@H](Cc2ccccc2)C(=O)N[C@H](CCCN=C(N)N)C(=O)N[C@@H](Cc2c[nH]c3ccccc23)C(=O)N[C@@H](C(N)=O)CSSCC[C@@H]2NC(=O)N1C2=O. The lowest BCUT2D eigenvalue weighted by atomic mass is 10.0. The van der Waals surface area contributed by atoms with Crippen LogP contribution in [0.25, 0.3) is 10.9 Å². The quantitative estimate of drug-likeness (QED) is 0.0282. The number of nitrogens with two attached hydrogens (primary N) is 3. The van der Waals surface area contributed by atoms with E-state index in [4.69, 9.17) is 17.2 Å². The van der Waals surface area contributed by atoms with E-state index in [1.807, 2.05) is 24.3 Å². The van der Waals surface area contributed by atoms with Crippen LogP contribution in [0.2, 0.25) is 0 Å². The lowest BCUT2D eigenvalue weighted by Gasteiger charge is -2.28. The van der Waals surface area contributed by atoms with Gasteiger partial charge in [-0.05, 0) is 43.4 Å². The van der Waals surface area contributed by atoms with Gasteiger partial charge < -0.3 is 59.1 Å². The average Bonchev–Trinajstić information content (AvgIpc) is 4.04. The fraction of sp³-hybridized carbons (Fsp3) is 0.395. The average molecular weight is 959 g/mol. The molecule has 4 aromatic rings. The van der Waals surface area contributed by atoms with Gasteiger partial charge in [-0.3, -0.25) is 43.5 Å². The maximum Gasteiger partial charge on any atom is 0.325 e. The van der Waals surface area contributed by atoms with E-state index in [1.165, 1.54) is 41.0 Å². The van der Waals surface area contributed by atoms with Gasteiger partial charge in [0.1, 0.15) is 42.3 Å². The normalized spacial score (nSPS) is 24.0. The highest BCUT2D eigenvalue weighted by Gasteiger charge is 2.43. The maximum absolute atomic E-state index is 14.5. The van der Waals surface area contributed by atoms with Gasteiger partial charge in [-0.15, -0.1) is 0 Å². The zero-order valence-electron chi connectivity index (χ0n) is 36.5. The molecule has 6 rings (SSSR count). The minimum atomic E-state index is -1.36. The Kier molecular flexibility index (Phi) is 17.2. The number of rotatable bonds is 11. The van der Waals surface area contributed by atoms with Gasteiger partial charge in [-0.1, -0.05) is 70.1 Å². The Balaban J connectivity index is 1.36. The molecule has 2 fully saturated rings. The van der Waals surface area contributed by atoms with Gasteiger partial charge in [0.25, 0.3) is 5.91 Å². The Hall–Kier alpha value is -7.08. The summed E-state index contributed by atoms with van der Waals surface area (Å²) in [4.78, 5) is 126. The first-order chi connectivity index (χ1) is 32.2. The first kappa shape index (κ1) is 49.4. The van der Waals surface area contributed by atoms with Crippen LogP contribution in [0.3, 0.4) is 0 Å². The summed E-state index contributed by atoms with van der Waals surface area (Å²) in [6, 6.07) is 6.45. The fourth-order valence-electron chi connectivity index (χ4n) is 7.53. The number of imide groups is 1. The molecule has 4 heterocycles. The number of fused-ring (bicyclic) bond motifs is 3. The van der Waals surface area contributed by atoms with Crippen LogP contribution in [-0.2, 0) is 52.8 Å². The van der Waals surface area contributed by atoms with E-state index in [1.54, 1.807) is 36.5 Å². The number of primary amides is 1. The van der Waals surface area contributed by atoms with E-state index < -0.39 is 89.7 Å². The largest absolute Gasteiger partial charge is 0.370 e. The van der Waals surface area contributed by atoms with Crippen molar-refractivity contribution in [3.05, 3.63) is 90.1 Å². The molecule has 2 aromatic carbocycles. The molecule has 2 bridgehead atoms. The molecule has 0 spiro atoms. The first-order valence-electron chi connectivity index (χ1n) is 21.5. The number of amides is 9. The number of benzene rings is 2.